The summed E-state index contributed by atoms with van der Waals surface area (Å²) in [6, 6.07) is 33.8. The van der Waals surface area contributed by atoms with Crippen LogP contribution >= 0.6 is 0 Å². The molecule has 0 radical (unpaired) electrons. The summed E-state index contributed by atoms with van der Waals surface area (Å²) in [5.41, 5.74) is 16.7. The van der Waals surface area contributed by atoms with Crippen LogP contribution in [0.3, 0.4) is 0 Å². The van der Waals surface area contributed by atoms with Crippen LogP contribution in [0.4, 0.5) is 0 Å². The molecule has 4 heterocycles. The molecule has 51 heavy (non-hydrogen) atoms. The van der Waals surface area contributed by atoms with Gasteiger partial charge in [0.15, 0.2) is 0 Å². The van der Waals surface area contributed by atoms with Gasteiger partial charge >= 0.3 is 0 Å². The van der Waals surface area contributed by atoms with E-state index >= 15 is 0 Å². The first-order chi connectivity index (χ1) is 27.5. The first-order valence-corrected chi connectivity index (χ1v) is 17.7. The van der Waals surface area contributed by atoms with Crippen LogP contribution in [0.5, 0.6) is 0 Å². The molecule has 0 atom stereocenters. The molecule has 16 rings (SSSR count). The Bertz CT molecular complexity index is 3440. The third-order valence-electron chi connectivity index (χ3n) is 12.7. The van der Waals surface area contributed by atoms with Crippen molar-refractivity contribution in [2.75, 3.05) is 0 Å². The summed E-state index contributed by atoms with van der Waals surface area (Å²) in [4.78, 5) is 10.7. The zero-order valence-electron chi connectivity index (χ0n) is 32.0. The molecule has 0 unspecified atom stereocenters. The van der Waals surface area contributed by atoms with Crippen molar-refractivity contribution in [3.63, 3.8) is 0 Å². The lowest BCUT2D eigenvalue weighted by molar-refractivity contribution is 0.734. The fourth-order valence-corrected chi connectivity index (χ4v) is 11.0. The molecule has 0 saturated carbocycles. The summed E-state index contributed by atoms with van der Waals surface area (Å²) in [5, 5.41) is 4.00. The van der Waals surface area contributed by atoms with Crippen LogP contribution in [-0.2, 0) is 0 Å². The predicted molar refractivity (Wildman–Crippen MR) is 204 cm³/mol. The van der Waals surface area contributed by atoms with Crippen LogP contribution in [0.15, 0.2) is 140 Å². The van der Waals surface area contributed by atoms with Gasteiger partial charge in [-0.05, 0) is 72.4 Å². The maximum atomic E-state index is 10.1. The largest absolute Gasteiger partial charge is 0.305 e. The zero-order chi connectivity index (χ0) is 37.0. The number of benzene rings is 6. The van der Waals surface area contributed by atoms with E-state index in [1.807, 2.05) is 12.4 Å². The second-order valence-electron chi connectivity index (χ2n) is 14.7. The summed E-state index contributed by atoms with van der Waals surface area (Å²) in [6.45, 7) is 0. The van der Waals surface area contributed by atoms with Gasteiger partial charge < -0.3 is 4.40 Å². The van der Waals surface area contributed by atoms with E-state index in [4.69, 9.17) is 12.7 Å². The molecular weight excluding hydrogens is 619 g/mol. The average Bonchev–Trinajstić information content (AvgIpc) is 3.77. The Morgan fingerprint density at radius 3 is 1.41 bits per heavy atom. The lowest BCUT2D eigenvalue weighted by Gasteiger charge is -2.42. The monoisotopic (exact) mass is 650 g/mol. The highest BCUT2D eigenvalue weighted by atomic mass is 14.9. The van der Waals surface area contributed by atoms with E-state index in [0.717, 1.165) is 55.2 Å². The molecule has 0 fully saturated rings. The molecular formula is C48H27N3. The first-order valence-electron chi connectivity index (χ1n) is 20.2. The van der Waals surface area contributed by atoms with Gasteiger partial charge in [0.2, 0.25) is 0 Å². The summed E-state index contributed by atoms with van der Waals surface area (Å²) >= 11 is 0. The first kappa shape index (κ1) is 21.7. The molecule has 4 bridgehead atoms. The molecule has 0 saturated heterocycles. The van der Waals surface area contributed by atoms with Crippen molar-refractivity contribution in [3.8, 4) is 0 Å². The normalized spacial score (nSPS) is 21.5. The van der Waals surface area contributed by atoms with Gasteiger partial charge in [-0.1, -0.05) is 121 Å². The van der Waals surface area contributed by atoms with Crippen LogP contribution in [0.1, 0.15) is 97.5 Å². The van der Waals surface area contributed by atoms with E-state index in [2.05, 4.69) is 101 Å². The summed E-state index contributed by atoms with van der Waals surface area (Å²) in [6.07, 6.45) is 3.94. The lowest BCUT2D eigenvalue weighted by Crippen LogP contribution is -2.28. The van der Waals surface area contributed by atoms with Crippen molar-refractivity contribution < 1.29 is 6.85 Å². The number of nitrogens with zero attached hydrogens (tertiary/aromatic N) is 3. The molecule has 234 valence electrons. The highest BCUT2D eigenvalue weighted by molar-refractivity contribution is 6.32. The second kappa shape index (κ2) is 8.51. The van der Waals surface area contributed by atoms with Gasteiger partial charge in [0.25, 0.3) is 0 Å². The highest BCUT2D eigenvalue weighted by Crippen LogP contribution is 2.60. The van der Waals surface area contributed by atoms with Gasteiger partial charge in [-0.2, -0.15) is 0 Å². The van der Waals surface area contributed by atoms with Crippen LogP contribution in [0.25, 0.3) is 48.9 Å². The minimum Gasteiger partial charge on any atom is -0.305 e. The Hall–Kier alpha value is -6.32. The van der Waals surface area contributed by atoms with Crippen LogP contribution in [0, 0.1) is 0 Å². The molecule has 10 aromatic rings. The van der Waals surface area contributed by atoms with Crippen LogP contribution in [0.2, 0.25) is 0 Å². The molecule has 0 N–H and O–H groups in total. The summed E-state index contributed by atoms with van der Waals surface area (Å²) in [5.74, 6) is -0.354. The van der Waals surface area contributed by atoms with Crippen molar-refractivity contribution in [2.45, 2.75) is 23.7 Å². The number of rotatable bonds is 0. The van der Waals surface area contributed by atoms with E-state index in [-0.39, 0.29) is 59.3 Å². The molecule has 0 aliphatic heterocycles. The molecule has 6 aliphatic carbocycles. The van der Waals surface area contributed by atoms with E-state index in [0.29, 0.717) is 10.8 Å². The number of pyridine rings is 2. The van der Waals surface area contributed by atoms with Crippen molar-refractivity contribution >= 4 is 48.9 Å². The number of hydrogen-bond donors (Lipinski definition) is 0. The SMILES string of the molecule is [2H]c1c([2H])c([2H])c2c(c1[2H])c([2H])c1c3c4c(ncc3n3c5cnc6c(c5c2c13)C1c2ccccc2C6c2ccccc21)C1c2ccccc2C4c2ccccc21. The topological polar surface area (TPSA) is 30.2 Å². The third-order valence-corrected chi connectivity index (χ3v) is 12.7. The van der Waals surface area contributed by atoms with Gasteiger partial charge in [0, 0.05) is 33.4 Å². The Balaban J connectivity index is 1.23. The molecule has 0 amide bonds. The third kappa shape index (κ3) is 2.73. The smallest absolute Gasteiger partial charge is 0.0729 e. The van der Waals surface area contributed by atoms with Crippen LogP contribution in [-0.4, -0.2) is 14.4 Å². The Morgan fingerprint density at radius 2 is 0.902 bits per heavy atom. The Labute approximate surface area is 299 Å². The Morgan fingerprint density at radius 1 is 0.471 bits per heavy atom. The highest BCUT2D eigenvalue weighted by Gasteiger charge is 2.46. The van der Waals surface area contributed by atoms with Crippen molar-refractivity contribution in [1.82, 2.24) is 14.4 Å². The van der Waals surface area contributed by atoms with Gasteiger partial charge in [-0.3, -0.25) is 9.97 Å². The quantitative estimate of drug-likeness (QED) is 0.163. The molecule has 6 aromatic carbocycles. The molecule has 4 aromatic heterocycles. The van der Waals surface area contributed by atoms with E-state index in [1.54, 1.807) is 0 Å². The van der Waals surface area contributed by atoms with E-state index in [9.17, 15) is 4.11 Å². The maximum Gasteiger partial charge on any atom is 0.0729 e. The van der Waals surface area contributed by atoms with Gasteiger partial charge in [-0.25, -0.2) is 0 Å². The lowest BCUT2D eigenvalue weighted by atomic mass is 9.62. The summed E-state index contributed by atoms with van der Waals surface area (Å²) in [7, 11) is 0. The maximum absolute atomic E-state index is 10.1. The second-order valence-corrected chi connectivity index (χ2v) is 14.7. The summed E-state index contributed by atoms with van der Waals surface area (Å²) < 4.78 is 48.9. The number of aromatic nitrogens is 3. The Kier molecular flexibility index (Phi) is 3.62. The fraction of sp³-hybridized carbons (Fsp3) is 0.0833. The van der Waals surface area contributed by atoms with Gasteiger partial charge in [0.1, 0.15) is 0 Å². The van der Waals surface area contributed by atoms with Gasteiger partial charge in [-0.15, -0.1) is 0 Å². The molecule has 3 heteroatoms. The number of fused-ring (bicyclic) bond motifs is 8. The predicted octanol–water partition coefficient (Wildman–Crippen LogP) is 10.8. The minimum absolute atomic E-state index is 0.0591. The van der Waals surface area contributed by atoms with Gasteiger partial charge in [0.05, 0.1) is 59.0 Å². The van der Waals surface area contributed by atoms with Crippen molar-refractivity contribution in [3.05, 3.63) is 207 Å². The van der Waals surface area contributed by atoms with E-state index < -0.39 is 0 Å². The van der Waals surface area contributed by atoms with E-state index in [1.165, 1.54) is 44.5 Å². The molecule has 0 spiro atoms. The average molecular weight is 651 g/mol. The standard InChI is InChI=1S/C48H27N3/c1-2-12-25-24(11-1)21-34-41-35(22-49-46-39-30-17-7-3-13-26(30)37(44(41)46)27-14-4-8-18-31(27)39)51-36-23-50-47-40-32-19-9-5-15-28(32)38(29-16-6-10-20-33(29)40)45(47)43(36)42(25)48(34)51/h1-23,37-40H/i1D,2D,11D,12D,21D. The van der Waals surface area contributed by atoms with Crippen molar-refractivity contribution in [1.29, 1.82) is 0 Å². The zero-order valence-corrected chi connectivity index (χ0v) is 27.0. The van der Waals surface area contributed by atoms with Crippen molar-refractivity contribution in [2.24, 2.45) is 0 Å². The molecule has 3 nitrogen and oxygen atoms in total. The number of hydrogen-bond acceptors (Lipinski definition) is 2. The molecule has 6 aliphatic rings. The minimum atomic E-state index is -0.325. The van der Waals surface area contributed by atoms with Crippen LogP contribution < -0.4 is 0 Å². The fourth-order valence-electron chi connectivity index (χ4n) is 11.0.